The number of amides is 3. The number of aliphatic hydroxyl groups is 1. The predicted molar refractivity (Wildman–Crippen MR) is 287 cm³/mol. The van der Waals surface area contributed by atoms with Gasteiger partial charge in [0.05, 0.1) is 71.3 Å². The molecule has 4 atom stereocenters. The molecule has 1 saturated heterocycles. The number of hydrogen-bond donors (Lipinski definition) is 5. The van der Waals surface area contributed by atoms with E-state index < -0.39 is 69.0 Å². The van der Waals surface area contributed by atoms with Gasteiger partial charge in [0, 0.05) is 55.6 Å². The molecule has 0 saturated carbocycles. The lowest BCUT2D eigenvalue weighted by Crippen LogP contribution is -2.58. The van der Waals surface area contributed by atoms with Crippen LogP contribution in [-0.2, 0) is 54.0 Å². The van der Waals surface area contributed by atoms with Gasteiger partial charge in [-0.15, -0.1) is 11.3 Å². The van der Waals surface area contributed by atoms with Crippen molar-refractivity contribution in [3.8, 4) is 38.6 Å². The summed E-state index contributed by atoms with van der Waals surface area (Å²) in [5.41, 5.74) is 13.2. The number of pyridine rings is 1. The lowest BCUT2D eigenvalue weighted by atomic mass is 9.85. The largest absolute Gasteiger partial charge is 0.484 e. The van der Waals surface area contributed by atoms with Crippen LogP contribution in [0.4, 0.5) is 24.7 Å². The summed E-state index contributed by atoms with van der Waals surface area (Å²) < 4.78 is 87.8. The normalized spacial score (nSPS) is 15.7. The molecule has 0 spiro atoms. The molecule has 8 rings (SSSR count). The number of ether oxygens (including phenoxy) is 3. The number of sulfonamides is 1. The number of aryl methyl sites for hydroxylation is 2. The van der Waals surface area contributed by atoms with Crippen molar-refractivity contribution < 1.29 is 55.3 Å². The Hall–Kier alpha value is -7.45. The summed E-state index contributed by atoms with van der Waals surface area (Å²) in [6.07, 6.45) is 3.37. The van der Waals surface area contributed by atoms with Gasteiger partial charge in [0.2, 0.25) is 17.7 Å². The second-order valence-corrected chi connectivity index (χ2v) is 22.3. The van der Waals surface area contributed by atoms with Gasteiger partial charge in [0.25, 0.3) is 10.0 Å². The first-order chi connectivity index (χ1) is 37.1. The molecule has 20 nitrogen and oxygen atoms in total. The highest BCUT2D eigenvalue weighted by atomic mass is 32.2. The van der Waals surface area contributed by atoms with Crippen LogP contribution in [0.3, 0.4) is 0 Å². The molecule has 1 fully saturated rings. The van der Waals surface area contributed by atoms with Gasteiger partial charge in [-0.1, -0.05) is 63.2 Å². The van der Waals surface area contributed by atoms with E-state index in [-0.39, 0.29) is 63.2 Å². The zero-order chi connectivity index (χ0) is 56.1. The Morgan fingerprint density at radius 1 is 0.962 bits per heavy atom. The minimum atomic E-state index is -5.09. The molecule has 6 N–H and O–H groups in total. The van der Waals surface area contributed by atoms with Crippen LogP contribution in [-0.4, -0.2) is 123 Å². The summed E-state index contributed by atoms with van der Waals surface area (Å²) >= 11 is 1.55. The highest BCUT2D eigenvalue weighted by molar-refractivity contribution is 7.93. The topological polar surface area (TPSA) is 260 Å². The Labute approximate surface area is 452 Å². The van der Waals surface area contributed by atoms with E-state index in [1.54, 1.807) is 79.5 Å². The third-order valence-electron chi connectivity index (χ3n) is 13.0. The van der Waals surface area contributed by atoms with E-state index in [9.17, 15) is 41.1 Å². The molecule has 7 aromatic rings. The number of nitrogen functional groups attached to an aromatic ring is 1. The number of fused-ring (bicyclic) bond motifs is 1. The number of β-amino-alcohol motifs (C(OH)–C–C–N with tert-alkyl or cyclic N) is 1. The van der Waals surface area contributed by atoms with E-state index >= 15 is 0 Å². The third-order valence-corrected chi connectivity index (χ3v) is 15.0. The van der Waals surface area contributed by atoms with Gasteiger partial charge in [-0.05, 0) is 60.2 Å². The van der Waals surface area contributed by atoms with E-state index in [0.29, 0.717) is 45.4 Å². The minimum Gasteiger partial charge on any atom is -0.484 e. The standard InChI is InChI=1S/C53H60F3N11O9S2/c1-30-47(77-29-60-30)34-9-7-32(8-10-34)23-59-50(70)41-22-38(68)27-67(41)51(71)48(53(3,4)5)62-43(69)28-75-20-19-74-18-17-66-26-36(24-61-66)39-25-58-49(57)44-45(63-65(6)46(39)44)35-13-16-40(64-78(72,73)52(55)56)42(21-35)76-31(2)33-11-14-37(54)15-12-33/h7-16,21,24-26,29,31,38,41,48,52,64,68H,17-20,22-23,27-28H2,1-6H3,(H2,57,58)(H,59,70)(H,62,69)/t31?,38-,41+,48?/m1/s1. The summed E-state index contributed by atoms with van der Waals surface area (Å²) in [4.78, 5) is 51.9. The lowest BCUT2D eigenvalue weighted by Gasteiger charge is -2.35. The predicted octanol–water partition coefficient (Wildman–Crippen LogP) is 6.60. The van der Waals surface area contributed by atoms with Gasteiger partial charge in [-0.2, -0.15) is 19.0 Å². The maximum atomic E-state index is 14.1. The van der Waals surface area contributed by atoms with Crippen molar-refractivity contribution in [3.63, 3.8) is 0 Å². The molecule has 3 aromatic carbocycles. The number of carbonyl (C=O) groups is 3. The number of anilines is 2. The maximum absolute atomic E-state index is 14.1. The Bertz CT molecular complexity index is 3390. The number of thiazole rings is 1. The molecule has 5 heterocycles. The van der Waals surface area contributed by atoms with Crippen LogP contribution in [0.25, 0.3) is 43.7 Å². The molecule has 0 aliphatic carbocycles. The number of carbonyl (C=O) groups excluding carboxylic acids is 3. The van der Waals surface area contributed by atoms with Crippen molar-refractivity contribution in [1.82, 2.24) is 45.1 Å². The molecule has 2 unspecified atom stereocenters. The Morgan fingerprint density at radius 2 is 1.68 bits per heavy atom. The van der Waals surface area contributed by atoms with Crippen LogP contribution in [0.2, 0.25) is 0 Å². The number of benzene rings is 3. The molecule has 4 aromatic heterocycles. The Kier molecular flexibility index (Phi) is 17.5. The molecular formula is C53H60F3N11O9S2. The van der Waals surface area contributed by atoms with Gasteiger partial charge in [-0.25, -0.2) is 22.8 Å². The molecule has 0 radical (unpaired) electrons. The fraction of sp³-hybridized carbons (Fsp3) is 0.377. The quantitative estimate of drug-likeness (QED) is 0.0449. The number of alkyl halides is 2. The second-order valence-electron chi connectivity index (χ2n) is 19.8. The number of nitrogens with one attached hydrogen (secondary N) is 3. The SMILES string of the molecule is Cc1ncsc1-c1ccc(CNC(=O)[C@@H]2C[C@@H](O)CN2C(=O)C(NC(=O)COCCOCCn2cc(-c3cnc(N)c4c(-c5ccc(NS(=O)(=O)C(F)F)c(OC(C)c6ccc(F)cc6)c5)nn(C)c34)cn2)C(C)(C)C)cc1. The number of likely N-dealkylation sites (tertiary alicyclic amines) is 1. The van der Waals surface area contributed by atoms with Crippen LogP contribution in [0.5, 0.6) is 5.75 Å². The first-order valence-corrected chi connectivity index (χ1v) is 27.2. The monoisotopic (exact) mass is 1120 g/mol. The number of nitrogens with zero attached hydrogens (tertiary/aromatic N) is 7. The summed E-state index contributed by atoms with van der Waals surface area (Å²) in [5, 5.41) is 26.0. The number of halogens is 3. The summed E-state index contributed by atoms with van der Waals surface area (Å²) in [6, 6.07) is 15.4. The molecule has 3 amide bonds. The van der Waals surface area contributed by atoms with Crippen molar-refractivity contribution in [2.45, 2.75) is 84.2 Å². The van der Waals surface area contributed by atoms with Crippen molar-refractivity contribution in [1.29, 1.82) is 0 Å². The maximum Gasteiger partial charge on any atom is 0.355 e. The molecule has 414 valence electrons. The van der Waals surface area contributed by atoms with Crippen LogP contribution in [0.15, 0.2) is 90.8 Å². The van der Waals surface area contributed by atoms with E-state index in [0.717, 1.165) is 21.7 Å². The summed E-state index contributed by atoms with van der Waals surface area (Å²) in [7, 11) is -3.39. The number of aliphatic hydroxyl groups excluding tert-OH is 1. The van der Waals surface area contributed by atoms with Gasteiger partial charge in [0.15, 0.2) is 0 Å². The van der Waals surface area contributed by atoms with Crippen LogP contribution >= 0.6 is 11.3 Å². The third kappa shape index (κ3) is 13.3. The van der Waals surface area contributed by atoms with Gasteiger partial charge in [0.1, 0.15) is 47.9 Å². The van der Waals surface area contributed by atoms with E-state index in [1.807, 2.05) is 35.9 Å². The first-order valence-electron chi connectivity index (χ1n) is 24.8. The van der Waals surface area contributed by atoms with Crippen LogP contribution < -0.4 is 25.8 Å². The molecular weight excluding hydrogens is 1060 g/mol. The zero-order valence-electron chi connectivity index (χ0n) is 43.6. The van der Waals surface area contributed by atoms with Crippen LogP contribution in [0.1, 0.15) is 57.0 Å². The number of aromatic nitrogens is 6. The zero-order valence-corrected chi connectivity index (χ0v) is 45.2. The average Bonchev–Trinajstić information content (AvgIpc) is 4.37. The number of rotatable bonds is 22. The number of nitrogens with two attached hydrogens (primary N) is 1. The smallest absolute Gasteiger partial charge is 0.355 e. The van der Waals surface area contributed by atoms with Gasteiger partial charge in [-0.3, -0.25) is 28.5 Å². The second kappa shape index (κ2) is 24.1. The minimum absolute atomic E-state index is 0.0565. The first kappa shape index (κ1) is 56.7. The summed E-state index contributed by atoms with van der Waals surface area (Å²) in [6.45, 7) is 9.54. The fourth-order valence-corrected chi connectivity index (χ4v) is 10.3. The Balaban J connectivity index is 0.836. The van der Waals surface area contributed by atoms with Crippen molar-refractivity contribution >= 4 is 61.5 Å². The fourth-order valence-electron chi connectivity index (χ4n) is 8.94. The highest BCUT2D eigenvalue weighted by Gasteiger charge is 2.44. The molecule has 1 aliphatic heterocycles. The van der Waals surface area contributed by atoms with Crippen molar-refractivity contribution in [2.75, 3.05) is 43.4 Å². The van der Waals surface area contributed by atoms with Crippen molar-refractivity contribution in [3.05, 3.63) is 113 Å². The molecule has 0 bridgehead atoms. The average molecular weight is 1120 g/mol. The molecule has 1 aliphatic rings. The van der Waals surface area contributed by atoms with E-state index in [2.05, 4.69) is 25.7 Å². The van der Waals surface area contributed by atoms with E-state index in [4.69, 9.17) is 25.0 Å². The highest BCUT2D eigenvalue weighted by Crippen LogP contribution is 2.41. The summed E-state index contributed by atoms with van der Waals surface area (Å²) in [5.74, 6) is -5.62. The molecule has 25 heteroatoms. The Morgan fingerprint density at radius 3 is 2.37 bits per heavy atom. The van der Waals surface area contributed by atoms with Gasteiger partial charge < -0.3 is 40.6 Å². The lowest BCUT2D eigenvalue weighted by molar-refractivity contribution is -0.144. The van der Waals surface area contributed by atoms with Crippen molar-refractivity contribution in [2.24, 2.45) is 12.5 Å². The van der Waals surface area contributed by atoms with E-state index in [1.165, 1.54) is 47.4 Å². The van der Waals surface area contributed by atoms with Crippen LogP contribution in [0, 0.1) is 18.2 Å². The molecule has 78 heavy (non-hydrogen) atoms. The van der Waals surface area contributed by atoms with Gasteiger partial charge >= 0.3 is 5.76 Å². The number of hydrogen-bond acceptors (Lipinski definition) is 15.